The molecule has 0 fully saturated rings. The van der Waals surface area contributed by atoms with Crippen molar-refractivity contribution in [1.29, 1.82) is 0 Å². The van der Waals surface area contributed by atoms with Gasteiger partial charge in [-0.25, -0.2) is 13.1 Å². The molecule has 1 aromatic rings. The summed E-state index contributed by atoms with van der Waals surface area (Å²) < 4.78 is 25.6. The summed E-state index contributed by atoms with van der Waals surface area (Å²) in [4.78, 5) is 21.8. The van der Waals surface area contributed by atoms with Crippen molar-refractivity contribution in [3.8, 4) is 0 Å². The average molecular weight is 255 g/mol. The molecule has 0 saturated heterocycles. The number of sulfonamides is 1. The molecule has 0 atom stereocenters. The lowest BCUT2D eigenvalue weighted by atomic mass is 10.2. The van der Waals surface area contributed by atoms with Gasteiger partial charge in [-0.2, -0.15) is 0 Å². The molecule has 0 amide bonds. The molecular weight excluding hydrogens is 242 g/mol. The molecule has 0 radical (unpaired) electrons. The number of benzene rings is 1. The van der Waals surface area contributed by atoms with Crippen LogP contribution in [0.3, 0.4) is 0 Å². The van der Waals surface area contributed by atoms with E-state index >= 15 is 0 Å². The van der Waals surface area contributed by atoms with E-state index in [4.69, 9.17) is 0 Å². The number of carbonyl (C=O) groups excluding carboxylic acids is 2. The first kappa shape index (κ1) is 13.5. The van der Waals surface area contributed by atoms with E-state index in [1.165, 1.54) is 38.1 Å². The fraction of sp³-hybridized carbons (Fsp3) is 0.273. The highest BCUT2D eigenvalue weighted by Crippen LogP contribution is 2.11. The van der Waals surface area contributed by atoms with Gasteiger partial charge in [0.2, 0.25) is 10.0 Å². The number of hydrogen-bond acceptors (Lipinski definition) is 4. The van der Waals surface area contributed by atoms with Crippen LogP contribution in [0, 0.1) is 0 Å². The maximum atomic E-state index is 11.7. The predicted octanol–water partition coefficient (Wildman–Crippen LogP) is 0.757. The third kappa shape index (κ3) is 3.76. The van der Waals surface area contributed by atoms with Gasteiger partial charge in [0.15, 0.2) is 5.78 Å². The number of hydrogen-bond donors (Lipinski definition) is 1. The van der Waals surface area contributed by atoms with Gasteiger partial charge in [-0.1, -0.05) is 12.1 Å². The zero-order chi connectivity index (χ0) is 13.1. The molecule has 5 nitrogen and oxygen atoms in total. The van der Waals surface area contributed by atoms with Crippen molar-refractivity contribution in [3.63, 3.8) is 0 Å². The largest absolute Gasteiger partial charge is 0.299 e. The first-order chi connectivity index (χ1) is 7.83. The molecule has 0 unspecified atom stereocenters. The summed E-state index contributed by atoms with van der Waals surface area (Å²) in [6, 6.07) is 5.67. The van der Waals surface area contributed by atoms with E-state index in [0.717, 1.165) is 0 Å². The maximum Gasteiger partial charge on any atom is 0.240 e. The molecule has 92 valence electrons. The Bertz CT molecular complexity index is 548. The second-order valence-electron chi connectivity index (χ2n) is 3.61. The van der Waals surface area contributed by atoms with E-state index in [1.54, 1.807) is 0 Å². The Hall–Kier alpha value is -1.53. The lowest BCUT2D eigenvalue weighted by Crippen LogP contribution is -2.28. The highest BCUT2D eigenvalue weighted by Gasteiger charge is 2.15. The van der Waals surface area contributed by atoms with E-state index in [-0.39, 0.29) is 23.0 Å². The minimum absolute atomic E-state index is 0.0218. The third-order valence-electron chi connectivity index (χ3n) is 2.06. The number of ketones is 2. The number of rotatable bonds is 5. The van der Waals surface area contributed by atoms with Crippen LogP contribution >= 0.6 is 0 Å². The summed E-state index contributed by atoms with van der Waals surface area (Å²) in [5.74, 6) is -0.495. The molecule has 0 aliphatic carbocycles. The molecule has 0 aromatic heterocycles. The SMILES string of the molecule is CC(=O)CNS(=O)(=O)c1cccc(C(C)=O)c1. The first-order valence-electron chi connectivity index (χ1n) is 4.93. The van der Waals surface area contributed by atoms with Crippen LogP contribution in [0.5, 0.6) is 0 Å². The van der Waals surface area contributed by atoms with Gasteiger partial charge in [0.1, 0.15) is 5.78 Å². The van der Waals surface area contributed by atoms with E-state index in [2.05, 4.69) is 4.72 Å². The molecule has 1 rings (SSSR count). The van der Waals surface area contributed by atoms with E-state index in [1.807, 2.05) is 0 Å². The Morgan fingerprint density at radius 3 is 2.41 bits per heavy atom. The van der Waals surface area contributed by atoms with E-state index in [9.17, 15) is 18.0 Å². The minimum atomic E-state index is -3.73. The van der Waals surface area contributed by atoms with Crippen LogP contribution in [0.25, 0.3) is 0 Å². The Morgan fingerprint density at radius 1 is 1.24 bits per heavy atom. The van der Waals surface area contributed by atoms with Crippen molar-refractivity contribution in [2.45, 2.75) is 18.7 Å². The predicted molar refractivity (Wildman–Crippen MR) is 62.3 cm³/mol. The summed E-state index contributed by atoms with van der Waals surface area (Å²) in [7, 11) is -3.73. The fourth-order valence-corrected chi connectivity index (χ4v) is 2.26. The van der Waals surface area contributed by atoms with E-state index < -0.39 is 10.0 Å². The zero-order valence-electron chi connectivity index (χ0n) is 9.56. The quantitative estimate of drug-likeness (QED) is 0.787. The summed E-state index contributed by atoms with van der Waals surface area (Å²) >= 11 is 0. The van der Waals surface area contributed by atoms with Crippen LogP contribution in [0.15, 0.2) is 29.2 Å². The molecular formula is C11H13NO4S. The Kier molecular flexibility index (Phi) is 4.14. The molecule has 1 N–H and O–H groups in total. The molecule has 17 heavy (non-hydrogen) atoms. The van der Waals surface area contributed by atoms with Crippen LogP contribution < -0.4 is 4.72 Å². The maximum absolute atomic E-state index is 11.7. The number of carbonyl (C=O) groups is 2. The van der Waals surface area contributed by atoms with Crippen LogP contribution in [-0.4, -0.2) is 26.5 Å². The minimum Gasteiger partial charge on any atom is -0.299 e. The van der Waals surface area contributed by atoms with Gasteiger partial charge in [-0.05, 0) is 26.0 Å². The Labute approximate surface area is 99.9 Å². The summed E-state index contributed by atoms with van der Waals surface area (Å²) in [6.07, 6.45) is 0. The van der Waals surface area contributed by atoms with Gasteiger partial charge < -0.3 is 0 Å². The standard InChI is InChI=1S/C11H13NO4S/c1-8(13)7-12-17(15,16)11-5-3-4-10(6-11)9(2)14/h3-6,12H,7H2,1-2H3. The van der Waals surface area contributed by atoms with Crippen LogP contribution in [-0.2, 0) is 14.8 Å². The summed E-state index contributed by atoms with van der Waals surface area (Å²) in [5, 5.41) is 0. The molecule has 0 aliphatic heterocycles. The van der Waals surface area contributed by atoms with Crippen molar-refractivity contribution in [2.75, 3.05) is 6.54 Å². The fourth-order valence-electron chi connectivity index (χ4n) is 1.16. The van der Waals surface area contributed by atoms with Gasteiger partial charge >= 0.3 is 0 Å². The van der Waals surface area contributed by atoms with Crippen LogP contribution in [0.4, 0.5) is 0 Å². The van der Waals surface area contributed by atoms with Crippen molar-refractivity contribution in [2.24, 2.45) is 0 Å². The van der Waals surface area contributed by atoms with Gasteiger partial charge in [-0.3, -0.25) is 9.59 Å². The van der Waals surface area contributed by atoms with E-state index in [0.29, 0.717) is 5.56 Å². The zero-order valence-corrected chi connectivity index (χ0v) is 10.4. The lowest BCUT2D eigenvalue weighted by Gasteiger charge is -2.05. The van der Waals surface area contributed by atoms with Crippen molar-refractivity contribution >= 4 is 21.6 Å². The first-order valence-corrected chi connectivity index (χ1v) is 6.41. The van der Waals surface area contributed by atoms with Gasteiger partial charge in [0, 0.05) is 5.56 Å². The molecule has 0 saturated carbocycles. The lowest BCUT2D eigenvalue weighted by molar-refractivity contribution is -0.115. The third-order valence-corrected chi connectivity index (χ3v) is 3.46. The topological polar surface area (TPSA) is 80.3 Å². The average Bonchev–Trinajstić information content (AvgIpc) is 2.27. The monoisotopic (exact) mass is 255 g/mol. The van der Waals surface area contributed by atoms with Crippen LogP contribution in [0.2, 0.25) is 0 Å². The number of nitrogens with one attached hydrogen (secondary N) is 1. The molecule has 0 aliphatic rings. The van der Waals surface area contributed by atoms with Gasteiger partial charge in [0.05, 0.1) is 11.4 Å². The summed E-state index contributed by atoms with van der Waals surface area (Å²) in [6.45, 7) is 2.38. The Morgan fingerprint density at radius 2 is 1.88 bits per heavy atom. The van der Waals surface area contributed by atoms with Crippen molar-refractivity contribution in [3.05, 3.63) is 29.8 Å². The van der Waals surface area contributed by atoms with Gasteiger partial charge in [-0.15, -0.1) is 0 Å². The highest BCUT2D eigenvalue weighted by atomic mass is 32.2. The number of Topliss-reactive ketones (excluding diaryl/α,β-unsaturated/α-hetero) is 2. The molecule has 0 heterocycles. The highest BCUT2D eigenvalue weighted by molar-refractivity contribution is 7.89. The molecule has 6 heteroatoms. The normalized spacial score (nSPS) is 11.2. The van der Waals surface area contributed by atoms with Crippen molar-refractivity contribution < 1.29 is 18.0 Å². The molecule has 0 spiro atoms. The van der Waals surface area contributed by atoms with Crippen LogP contribution in [0.1, 0.15) is 24.2 Å². The van der Waals surface area contributed by atoms with Gasteiger partial charge in [0.25, 0.3) is 0 Å². The second kappa shape index (κ2) is 5.20. The Balaban J connectivity index is 3.03. The second-order valence-corrected chi connectivity index (χ2v) is 5.38. The summed E-state index contributed by atoms with van der Waals surface area (Å²) in [5.41, 5.74) is 0.315. The smallest absolute Gasteiger partial charge is 0.240 e. The molecule has 0 bridgehead atoms. The molecule has 1 aromatic carbocycles. The van der Waals surface area contributed by atoms with Crippen molar-refractivity contribution in [1.82, 2.24) is 4.72 Å².